The second kappa shape index (κ2) is 44.3. The first kappa shape index (κ1) is 93.8. The van der Waals surface area contributed by atoms with Crippen LogP contribution in [0.15, 0.2) is 253 Å². The highest BCUT2D eigenvalue weighted by molar-refractivity contribution is 6.31. The number of carbonyl (C=O) groups is 8. The smallest absolute Gasteiger partial charge is 0.258 e. The van der Waals surface area contributed by atoms with E-state index in [2.05, 4.69) is 87.2 Å². The second-order valence-corrected chi connectivity index (χ2v) is 33.0. The molecule has 32 heteroatoms. The molecule has 0 spiro atoms. The molecule has 0 aliphatic carbocycles. The van der Waals surface area contributed by atoms with Crippen molar-refractivity contribution in [3.63, 3.8) is 0 Å². The number of benzene rings is 8. The van der Waals surface area contributed by atoms with Crippen LogP contribution < -0.4 is 42.5 Å². The lowest BCUT2D eigenvalue weighted by Gasteiger charge is -2.29. The van der Waals surface area contributed by atoms with Crippen LogP contribution in [0.25, 0.3) is 0 Å². The van der Waals surface area contributed by atoms with Gasteiger partial charge in [0.05, 0.1) is 78.2 Å². The van der Waals surface area contributed by atoms with E-state index in [9.17, 15) is 38.4 Å². The molecule has 0 bridgehead atoms. The fourth-order valence-electron chi connectivity index (χ4n) is 14.4. The van der Waals surface area contributed by atoms with E-state index in [-0.39, 0.29) is 41.4 Å². The molecule has 4 aliphatic heterocycles. The quantitative estimate of drug-likeness (QED) is 0.0250. The summed E-state index contributed by atoms with van der Waals surface area (Å²) in [5.74, 6) is 1.46. The van der Waals surface area contributed by atoms with Crippen LogP contribution in [0.1, 0.15) is 159 Å². The summed E-state index contributed by atoms with van der Waals surface area (Å²) in [5.41, 5.74) is 11.8. The van der Waals surface area contributed by atoms with Gasteiger partial charge in [-0.2, -0.15) is 0 Å². The van der Waals surface area contributed by atoms with Crippen LogP contribution in [0, 0.1) is 38.5 Å². The van der Waals surface area contributed by atoms with Gasteiger partial charge in [0.2, 0.25) is 0 Å². The minimum Gasteiger partial charge on any atom is -0.358 e. The first-order valence-corrected chi connectivity index (χ1v) is 43.6. The summed E-state index contributed by atoms with van der Waals surface area (Å²) in [7, 11) is 3.99. The van der Waals surface area contributed by atoms with Crippen molar-refractivity contribution in [3.05, 3.63) is 352 Å². The molecule has 131 heavy (non-hydrogen) atoms. The van der Waals surface area contributed by atoms with Crippen molar-refractivity contribution < 1.29 is 38.4 Å². The van der Waals surface area contributed by atoms with Gasteiger partial charge in [-0.25, -0.2) is 19.9 Å². The van der Waals surface area contributed by atoms with Gasteiger partial charge in [0.15, 0.2) is 0 Å². The van der Waals surface area contributed by atoms with Gasteiger partial charge >= 0.3 is 0 Å². The molecule has 0 unspecified atom stereocenters. The Morgan fingerprint density at radius 1 is 0.305 bits per heavy atom. The molecule has 12 aromatic rings. The summed E-state index contributed by atoms with van der Waals surface area (Å²) in [4.78, 5) is 137. The number of piperidine rings is 1. The Labute approximate surface area is 777 Å². The minimum absolute atomic E-state index is 0.300. The summed E-state index contributed by atoms with van der Waals surface area (Å²) in [6.45, 7) is 14.4. The van der Waals surface area contributed by atoms with Gasteiger partial charge < -0.3 is 62.1 Å². The zero-order chi connectivity index (χ0) is 92.8. The number of likely N-dealkylation sites (N-methyl/N-ethyl adjacent to an activating group) is 2. The molecule has 4 aliphatic rings. The number of carbonyl (C=O) groups excluding carboxylic acids is 8. The number of aryl methyl sites for hydroxylation is 4. The topological polar surface area (TPSA) is 370 Å². The molecule has 16 rings (SSSR count). The Morgan fingerprint density at radius 3 is 0.893 bits per heavy atom. The molecule has 0 radical (unpaired) electrons. The molecule has 0 atom stereocenters. The molecule has 2 saturated heterocycles. The van der Waals surface area contributed by atoms with Crippen LogP contribution in [0.4, 0.5) is 46.0 Å². The number of pyridine rings is 4. The van der Waals surface area contributed by atoms with Crippen molar-refractivity contribution in [1.29, 1.82) is 10.8 Å². The average molecular weight is 1830 g/mol. The van der Waals surface area contributed by atoms with E-state index in [0.717, 1.165) is 134 Å². The van der Waals surface area contributed by atoms with Crippen molar-refractivity contribution in [2.75, 3.05) is 109 Å². The van der Waals surface area contributed by atoms with E-state index in [1.54, 1.807) is 170 Å². The molecular weight excluding hydrogens is 1740 g/mol. The number of hydrogen-bond donors (Lipinski definition) is 10. The van der Waals surface area contributed by atoms with Crippen molar-refractivity contribution in [2.45, 2.75) is 59.8 Å². The van der Waals surface area contributed by atoms with E-state index in [1.165, 1.54) is 31.2 Å². The van der Waals surface area contributed by atoms with Crippen LogP contribution in [-0.4, -0.2) is 177 Å². The number of amidine groups is 4. The van der Waals surface area contributed by atoms with Crippen molar-refractivity contribution >= 4 is 163 Å². The van der Waals surface area contributed by atoms with E-state index in [0.29, 0.717) is 122 Å². The zero-order valence-electron chi connectivity index (χ0n) is 72.5. The number of nitrogens with zero attached hydrogens (tertiary/aromatic N) is 10. The Hall–Kier alpha value is -14.8. The maximum absolute atomic E-state index is 12.9. The lowest BCUT2D eigenvalue weighted by atomic mass is 10.1. The SMILES string of the molecule is Cc1ccc(NC(=O)c2ccc(C(=N)N3CCCC3)cc2)c(C(=O)Nc2ccc(Cl)cn2)c1.Cc1ccc(NC(=O)c2ccc(C(=N)N3CCCCC3)cc2)c(C(=O)Nc2ccc(Cl)cn2)c1.Cc1ccc(NC(=O)c2ccc(C3=NCCN3C)cc2)c(C(=O)Nc2ccc(Cl)cn2)c1.Cc1cccc(C(=O)Nc2ccc(Cl)cn2)c1NC(=O)c1ccc(C2=NCCN2C)cc1. The number of rotatable bonds is 20. The molecule has 4 aromatic heterocycles. The third kappa shape index (κ3) is 25.4. The van der Waals surface area contributed by atoms with Crippen LogP contribution >= 0.6 is 46.4 Å². The summed E-state index contributed by atoms with van der Waals surface area (Å²) >= 11 is 23.4. The maximum Gasteiger partial charge on any atom is 0.258 e. The van der Waals surface area contributed by atoms with Gasteiger partial charge in [-0.15, -0.1) is 0 Å². The van der Waals surface area contributed by atoms with Crippen LogP contribution in [-0.2, 0) is 0 Å². The van der Waals surface area contributed by atoms with Gasteiger partial charge in [-0.1, -0.05) is 142 Å². The number of halogens is 4. The molecule has 28 nitrogen and oxygen atoms in total. The zero-order valence-corrected chi connectivity index (χ0v) is 75.6. The number of aromatic nitrogens is 4. The fraction of sp³-hybridized carbons (Fsp3) is 0.192. The molecule has 8 aromatic carbocycles. The van der Waals surface area contributed by atoms with Gasteiger partial charge in [0.1, 0.15) is 46.6 Å². The first-order chi connectivity index (χ1) is 63.1. The molecule has 666 valence electrons. The number of likely N-dealkylation sites (tertiary alicyclic amines) is 2. The number of hydrogen-bond acceptors (Lipinski definition) is 18. The van der Waals surface area contributed by atoms with Crippen molar-refractivity contribution in [2.24, 2.45) is 9.98 Å². The Balaban J connectivity index is 0.000000149. The van der Waals surface area contributed by atoms with Gasteiger partial charge in [0.25, 0.3) is 47.3 Å². The highest BCUT2D eigenvalue weighted by Gasteiger charge is 2.26. The Bertz CT molecular complexity index is 6240. The van der Waals surface area contributed by atoms with Gasteiger partial charge in [-0.05, 0) is 205 Å². The molecule has 2 fully saturated rings. The maximum atomic E-state index is 12.9. The van der Waals surface area contributed by atoms with E-state index < -0.39 is 5.91 Å². The molecular formula is C99H94Cl4N20O8. The normalized spacial score (nSPS) is 13.1. The molecule has 8 heterocycles. The Morgan fingerprint density at radius 2 is 0.595 bits per heavy atom. The predicted molar refractivity (Wildman–Crippen MR) is 519 cm³/mol. The molecule has 8 amide bonds. The lowest BCUT2D eigenvalue weighted by Crippen LogP contribution is -2.35. The Kier molecular flexibility index (Phi) is 31.7. The number of para-hydroxylation sites is 1. The van der Waals surface area contributed by atoms with Crippen LogP contribution in [0.2, 0.25) is 20.1 Å². The van der Waals surface area contributed by atoms with Crippen LogP contribution in [0.3, 0.4) is 0 Å². The summed E-state index contributed by atoms with van der Waals surface area (Å²) in [6.07, 6.45) is 11.4. The van der Waals surface area contributed by atoms with Gasteiger partial charge in [0, 0.05) is 123 Å². The third-order valence-corrected chi connectivity index (χ3v) is 22.4. The summed E-state index contributed by atoms with van der Waals surface area (Å²) in [5, 5.41) is 41.0. The van der Waals surface area contributed by atoms with Gasteiger partial charge in [-0.3, -0.25) is 59.2 Å². The number of nitrogens with one attached hydrogen (secondary N) is 10. The molecule has 10 N–H and O–H groups in total. The van der Waals surface area contributed by atoms with Crippen molar-refractivity contribution in [3.8, 4) is 0 Å². The first-order valence-electron chi connectivity index (χ1n) is 42.1. The highest BCUT2D eigenvalue weighted by Crippen LogP contribution is 2.29. The summed E-state index contributed by atoms with van der Waals surface area (Å²) < 4.78 is 0. The summed E-state index contributed by atoms with van der Waals surface area (Å²) in [6, 6.07) is 62.5. The van der Waals surface area contributed by atoms with Crippen LogP contribution in [0.5, 0.6) is 0 Å². The van der Waals surface area contributed by atoms with E-state index in [1.807, 2.05) is 95.2 Å². The largest absolute Gasteiger partial charge is 0.358 e. The monoisotopic (exact) mass is 1830 g/mol. The standard InChI is InChI=1S/C26H26ClN5O2.C25H24ClN5O2.2C24H22ClN5O2/c1-17-5-11-22(21(15-17)26(34)31-23-12-10-20(27)16-29-23)30-25(33)19-8-6-18(7-9-19)24(28)32-13-3-2-4-14-32;1-16-4-10-21(20(14-16)25(33)30-22-11-9-19(26)15-28-22)29-24(32)18-7-5-17(6-8-18)23(27)31-12-2-3-13-31;1-15-3-9-20(19(13-15)24(32)29-21-10-8-18(25)14-27-21)28-23(31)17-6-4-16(5-7-17)22-26-11-12-30(22)2;1-15-4-3-5-19(24(32)28-20-11-10-18(25)14-27-20)21(15)29-23(31)17-8-6-16(7-9-17)22-26-12-13-30(22)2/h5-12,15-16,28H,2-4,13-14H2,1H3,(H,30,33)(H,29,31,34);4-11,14-15,27H,2-3,12-13H2,1H3,(H,29,32)(H,28,30,33);3-10,13-14H,11-12H2,1-2H3,(H,28,31)(H,27,29,32);3-11,14H,12-13H2,1-2H3,(H,29,31)(H,27,28,32). The lowest BCUT2D eigenvalue weighted by molar-refractivity contribution is 0.101. The number of aliphatic imine (C=N–C) groups is 2. The molecule has 0 saturated carbocycles. The minimum atomic E-state index is -0.391. The van der Waals surface area contributed by atoms with Crippen molar-refractivity contribution in [1.82, 2.24) is 39.5 Å². The third-order valence-electron chi connectivity index (χ3n) is 21.5. The second-order valence-electron chi connectivity index (χ2n) is 31.2. The predicted octanol–water partition coefficient (Wildman–Crippen LogP) is 18.8. The average Bonchev–Trinajstić information content (AvgIpc) is 0.996. The van der Waals surface area contributed by atoms with E-state index in [4.69, 9.17) is 57.2 Å². The fourth-order valence-corrected chi connectivity index (χ4v) is 14.8. The highest BCUT2D eigenvalue weighted by atomic mass is 35.5. The number of anilines is 8. The number of amides is 8. The van der Waals surface area contributed by atoms with E-state index >= 15 is 0 Å².